The monoisotopic (exact) mass is 291 g/mol. The van der Waals surface area contributed by atoms with Gasteiger partial charge in [-0.25, -0.2) is 4.98 Å². The van der Waals surface area contributed by atoms with E-state index in [0.717, 1.165) is 5.56 Å². The van der Waals surface area contributed by atoms with E-state index in [0.29, 0.717) is 10.7 Å². The first kappa shape index (κ1) is 14.0. The van der Waals surface area contributed by atoms with E-state index < -0.39 is 18.4 Å². The van der Waals surface area contributed by atoms with Gasteiger partial charge in [-0.1, -0.05) is 17.7 Å². The maximum absolute atomic E-state index is 11.6. The molecular weight excluding hydrogens is 282 g/mol. The van der Waals surface area contributed by atoms with Crippen molar-refractivity contribution in [2.24, 2.45) is 0 Å². The predicted molar refractivity (Wildman–Crippen MR) is 72.4 cm³/mol. The van der Waals surface area contributed by atoms with Gasteiger partial charge in [-0.2, -0.15) is 0 Å². The van der Waals surface area contributed by atoms with Gasteiger partial charge in [0.25, 0.3) is 5.91 Å². The molecular formula is C13H10ClN3O3. The first-order valence-corrected chi connectivity index (χ1v) is 6.02. The summed E-state index contributed by atoms with van der Waals surface area (Å²) in [5.74, 6) is -1.66. The third-order valence-corrected chi connectivity index (χ3v) is 2.77. The fourth-order valence-electron chi connectivity index (χ4n) is 1.54. The highest BCUT2D eigenvalue weighted by molar-refractivity contribution is 6.32. The number of nitrogens with one attached hydrogen (secondary N) is 1. The maximum atomic E-state index is 11.6. The van der Waals surface area contributed by atoms with E-state index in [-0.39, 0.29) is 5.69 Å². The Hall–Kier alpha value is -2.47. The van der Waals surface area contributed by atoms with Gasteiger partial charge in [0.2, 0.25) is 0 Å². The molecule has 2 aromatic heterocycles. The number of carbonyl (C=O) groups is 2. The van der Waals surface area contributed by atoms with Crippen LogP contribution >= 0.6 is 11.6 Å². The number of carboxylic acids is 1. The first-order valence-electron chi connectivity index (χ1n) is 5.65. The molecule has 0 aliphatic carbocycles. The largest absolute Gasteiger partial charge is 0.480 e. The topological polar surface area (TPSA) is 92.2 Å². The van der Waals surface area contributed by atoms with Crippen molar-refractivity contribution < 1.29 is 14.7 Å². The minimum Gasteiger partial charge on any atom is -0.480 e. The number of carboxylic acid groups (broad SMARTS) is 1. The van der Waals surface area contributed by atoms with Crippen LogP contribution in [0.25, 0.3) is 11.1 Å². The number of pyridine rings is 2. The Labute approximate surface area is 119 Å². The van der Waals surface area contributed by atoms with Crippen LogP contribution in [0.15, 0.2) is 36.7 Å². The first-order chi connectivity index (χ1) is 9.58. The second-order valence-corrected chi connectivity index (χ2v) is 4.21. The van der Waals surface area contributed by atoms with Crippen molar-refractivity contribution in [1.82, 2.24) is 15.3 Å². The van der Waals surface area contributed by atoms with Crippen molar-refractivity contribution in [3.8, 4) is 11.1 Å². The van der Waals surface area contributed by atoms with E-state index in [1.165, 1.54) is 12.3 Å². The van der Waals surface area contributed by atoms with Crippen molar-refractivity contribution in [2.45, 2.75) is 0 Å². The summed E-state index contributed by atoms with van der Waals surface area (Å²) in [7, 11) is 0. The summed E-state index contributed by atoms with van der Waals surface area (Å²) < 4.78 is 0. The third-order valence-electron chi connectivity index (χ3n) is 2.47. The zero-order valence-electron chi connectivity index (χ0n) is 10.2. The highest BCUT2D eigenvalue weighted by Crippen LogP contribution is 2.24. The molecule has 20 heavy (non-hydrogen) atoms. The number of carbonyl (C=O) groups excluding carboxylic acids is 1. The SMILES string of the molecule is O=C(O)CNC(=O)c1ccc(-c2cccnc2Cl)cn1. The number of hydrogen-bond acceptors (Lipinski definition) is 4. The Kier molecular flexibility index (Phi) is 4.27. The standard InChI is InChI=1S/C13H10ClN3O3/c14-12-9(2-1-5-15-12)8-3-4-10(16-6-8)13(20)17-7-11(18)19/h1-6H,7H2,(H,17,20)(H,18,19). The molecule has 0 spiro atoms. The lowest BCUT2D eigenvalue weighted by Crippen LogP contribution is -2.29. The van der Waals surface area contributed by atoms with Gasteiger partial charge >= 0.3 is 5.97 Å². The van der Waals surface area contributed by atoms with Crippen molar-refractivity contribution in [3.63, 3.8) is 0 Å². The molecule has 0 fully saturated rings. The van der Waals surface area contributed by atoms with Gasteiger partial charge in [-0.15, -0.1) is 0 Å². The Morgan fingerprint density at radius 2 is 2.05 bits per heavy atom. The van der Waals surface area contributed by atoms with E-state index >= 15 is 0 Å². The highest BCUT2D eigenvalue weighted by atomic mass is 35.5. The van der Waals surface area contributed by atoms with E-state index in [2.05, 4.69) is 15.3 Å². The number of amides is 1. The van der Waals surface area contributed by atoms with Crippen molar-refractivity contribution in [3.05, 3.63) is 47.5 Å². The van der Waals surface area contributed by atoms with Gasteiger partial charge in [0.1, 0.15) is 17.4 Å². The van der Waals surface area contributed by atoms with Gasteiger partial charge in [0.05, 0.1) is 0 Å². The zero-order chi connectivity index (χ0) is 14.5. The van der Waals surface area contributed by atoms with E-state index in [1.807, 2.05) is 0 Å². The van der Waals surface area contributed by atoms with Crippen LogP contribution in [0.2, 0.25) is 5.15 Å². The Balaban J connectivity index is 2.16. The minimum absolute atomic E-state index is 0.134. The van der Waals surface area contributed by atoms with Crippen LogP contribution in [0.3, 0.4) is 0 Å². The summed E-state index contributed by atoms with van der Waals surface area (Å²) in [6.07, 6.45) is 3.06. The van der Waals surface area contributed by atoms with E-state index in [4.69, 9.17) is 16.7 Å². The van der Waals surface area contributed by atoms with Crippen LogP contribution in [-0.4, -0.2) is 33.5 Å². The summed E-state index contributed by atoms with van der Waals surface area (Å²) in [4.78, 5) is 29.9. The Bertz CT molecular complexity index is 644. The second-order valence-electron chi connectivity index (χ2n) is 3.85. The van der Waals surface area contributed by atoms with Crippen LogP contribution in [0.1, 0.15) is 10.5 Å². The maximum Gasteiger partial charge on any atom is 0.322 e. The number of nitrogens with zero attached hydrogens (tertiary/aromatic N) is 2. The summed E-state index contributed by atoms with van der Waals surface area (Å²) in [6.45, 7) is -0.448. The third kappa shape index (κ3) is 3.30. The fraction of sp³-hybridized carbons (Fsp3) is 0.0769. The molecule has 0 aromatic carbocycles. The average molecular weight is 292 g/mol. The molecule has 0 aliphatic rings. The van der Waals surface area contributed by atoms with Gasteiger partial charge in [-0.05, 0) is 18.2 Å². The number of aliphatic carboxylic acids is 1. The smallest absolute Gasteiger partial charge is 0.322 e. The summed E-state index contributed by atoms with van der Waals surface area (Å²) in [5, 5.41) is 11.1. The molecule has 0 atom stereocenters. The van der Waals surface area contributed by atoms with E-state index in [9.17, 15) is 9.59 Å². The molecule has 0 unspecified atom stereocenters. The second kappa shape index (κ2) is 6.12. The lowest BCUT2D eigenvalue weighted by atomic mass is 10.1. The van der Waals surface area contributed by atoms with Crippen LogP contribution in [-0.2, 0) is 4.79 Å². The van der Waals surface area contributed by atoms with Gasteiger partial charge < -0.3 is 10.4 Å². The molecule has 7 heteroatoms. The van der Waals surface area contributed by atoms with Gasteiger partial charge in [-0.3, -0.25) is 14.6 Å². The lowest BCUT2D eigenvalue weighted by molar-refractivity contribution is -0.135. The number of rotatable bonds is 4. The Morgan fingerprint density at radius 3 is 2.65 bits per heavy atom. The van der Waals surface area contributed by atoms with Crippen molar-refractivity contribution in [2.75, 3.05) is 6.54 Å². The molecule has 2 N–H and O–H groups in total. The molecule has 2 heterocycles. The van der Waals surface area contributed by atoms with Crippen LogP contribution < -0.4 is 5.32 Å². The molecule has 0 saturated heterocycles. The number of aromatic nitrogens is 2. The minimum atomic E-state index is -1.11. The highest BCUT2D eigenvalue weighted by Gasteiger charge is 2.10. The zero-order valence-corrected chi connectivity index (χ0v) is 11.0. The van der Waals surface area contributed by atoms with Crippen LogP contribution in [0, 0.1) is 0 Å². The molecule has 2 aromatic rings. The van der Waals surface area contributed by atoms with Gasteiger partial charge in [0, 0.05) is 23.5 Å². The van der Waals surface area contributed by atoms with Gasteiger partial charge in [0.15, 0.2) is 0 Å². The predicted octanol–water partition coefficient (Wildman–Crippen LogP) is 1.61. The summed E-state index contributed by atoms with van der Waals surface area (Å²) in [5.41, 5.74) is 1.56. The number of hydrogen-bond donors (Lipinski definition) is 2. The molecule has 0 radical (unpaired) electrons. The lowest BCUT2D eigenvalue weighted by Gasteiger charge is -2.05. The summed E-state index contributed by atoms with van der Waals surface area (Å²) in [6, 6.07) is 6.70. The van der Waals surface area contributed by atoms with Crippen LogP contribution in [0.4, 0.5) is 0 Å². The molecule has 2 rings (SSSR count). The fourth-order valence-corrected chi connectivity index (χ4v) is 1.76. The molecule has 0 saturated carbocycles. The van der Waals surface area contributed by atoms with Crippen molar-refractivity contribution >= 4 is 23.5 Å². The van der Waals surface area contributed by atoms with Crippen molar-refractivity contribution in [1.29, 1.82) is 0 Å². The normalized spacial score (nSPS) is 10.1. The average Bonchev–Trinajstić information content (AvgIpc) is 2.45. The molecule has 6 nitrogen and oxygen atoms in total. The molecule has 0 bridgehead atoms. The number of halogens is 1. The molecule has 0 aliphatic heterocycles. The van der Waals surface area contributed by atoms with Crippen LogP contribution in [0.5, 0.6) is 0 Å². The summed E-state index contributed by atoms with van der Waals surface area (Å²) >= 11 is 5.96. The molecule has 1 amide bonds. The quantitative estimate of drug-likeness (QED) is 0.835. The van der Waals surface area contributed by atoms with E-state index in [1.54, 1.807) is 24.4 Å². The Morgan fingerprint density at radius 1 is 1.25 bits per heavy atom. The molecule has 102 valence electrons.